The molecule has 0 aliphatic carbocycles. The largest absolute Gasteiger partial charge is 0.381 e. The number of methoxy groups -OCH3 is 1. The van der Waals surface area contributed by atoms with Gasteiger partial charge >= 0.3 is 0 Å². The lowest BCUT2D eigenvalue weighted by atomic mass is 10.1. The highest BCUT2D eigenvalue weighted by atomic mass is 79.9. The lowest BCUT2D eigenvalue weighted by molar-refractivity contribution is 0.234. The average Bonchev–Trinajstić information content (AvgIpc) is 2.19. The predicted molar refractivity (Wildman–Crippen MR) is 60.0 cm³/mol. The Balaban J connectivity index is 2.74. The molecule has 0 atom stereocenters. The molecule has 0 unspecified atom stereocenters. The van der Waals surface area contributed by atoms with Crippen LogP contribution in [0.15, 0.2) is 30.3 Å². The van der Waals surface area contributed by atoms with Gasteiger partial charge in [-0.3, -0.25) is 0 Å². The van der Waals surface area contributed by atoms with Crippen molar-refractivity contribution in [3.05, 3.63) is 41.5 Å². The Hall–Kier alpha value is -0.600. The van der Waals surface area contributed by atoms with Gasteiger partial charge in [-0.2, -0.15) is 0 Å². The van der Waals surface area contributed by atoms with Crippen LogP contribution in [0.1, 0.15) is 11.1 Å². The first-order chi connectivity index (χ1) is 6.38. The van der Waals surface area contributed by atoms with Crippen molar-refractivity contribution < 1.29 is 4.74 Å². The maximum absolute atomic E-state index is 4.94. The van der Waals surface area contributed by atoms with Crippen LogP contribution in [-0.4, -0.2) is 13.7 Å². The van der Waals surface area contributed by atoms with Crippen LogP contribution in [0, 0.1) is 0 Å². The van der Waals surface area contributed by atoms with E-state index in [-0.39, 0.29) is 0 Å². The van der Waals surface area contributed by atoms with Gasteiger partial charge in [0.2, 0.25) is 0 Å². The van der Waals surface area contributed by atoms with Crippen molar-refractivity contribution in [2.45, 2.75) is 5.33 Å². The van der Waals surface area contributed by atoms with Crippen LogP contribution >= 0.6 is 15.9 Å². The van der Waals surface area contributed by atoms with Crippen LogP contribution in [0.25, 0.3) is 6.08 Å². The first kappa shape index (κ1) is 10.5. The molecule has 0 amide bonds. The molecule has 1 aromatic carbocycles. The molecular weight excluding hydrogens is 228 g/mol. The van der Waals surface area contributed by atoms with Crippen molar-refractivity contribution in [2.24, 2.45) is 0 Å². The summed E-state index contributed by atoms with van der Waals surface area (Å²) in [5.74, 6) is 0. The van der Waals surface area contributed by atoms with Gasteiger partial charge in [0.1, 0.15) is 0 Å². The second kappa shape index (κ2) is 5.95. The zero-order valence-corrected chi connectivity index (χ0v) is 9.25. The van der Waals surface area contributed by atoms with E-state index in [9.17, 15) is 0 Å². The second-order valence-electron chi connectivity index (χ2n) is 2.69. The van der Waals surface area contributed by atoms with Crippen molar-refractivity contribution in [1.29, 1.82) is 0 Å². The first-order valence-electron chi connectivity index (χ1n) is 4.18. The summed E-state index contributed by atoms with van der Waals surface area (Å²) < 4.78 is 4.94. The number of hydrogen-bond donors (Lipinski definition) is 0. The molecule has 0 bridgehead atoms. The predicted octanol–water partition coefficient (Wildman–Crippen LogP) is 3.24. The highest BCUT2D eigenvalue weighted by molar-refractivity contribution is 9.08. The molecule has 1 aromatic rings. The first-order valence-corrected chi connectivity index (χ1v) is 5.30. The van der Waals surface area contributed by atoms with Gasteiger partial charge in [-0.25, -0.2) is 0 Å². The molecule has 0 fully saturated rings. The normalized spacial score (nSPS) is 10.9. The Morgan fingerprint density at radius 1 is 1.38 bits per heavy atom. The molecule has 70 valence electrons. The molecular formula is C11H13BrO. The van der Waals surface area contributed by atoms with Crippen LogP contribution in [0.5, 0.6) is 0 Å². The Morgan fingerprint density at radius 3 is 2.85 bits per heavy atom. The summed E-state index contributed by atoms with van der Waals surface area (Å²) in [5.41, 5.74) is 2.55. The molecule has 0 saturated heterocycles. The summed E-state index contributed by atoms with van der Waals surface area (Å²) in [6.45, 7) is 0.663. The minimum atomic E-state index is 0.663. The van der Waals surface area contributed by atoms with Crippen LogP contribution < -0.4 is 0 Å². The van der Waals surface area contributed by atoms with Crippen molar-refractivity contribution in [2.75, 3.05) is 13.7 Å². The lowest BCUT2D eigenvalue weighted by Crippen LogP contribution is -1.84. The number of alkyl halides is 1. The van der Waals surface area contributed by atoms with E-state index < -0.39 is 0 Å². The maximum atomic E-state index is 4.94. The van der Waals surface area contributed by atoms with Gasteiger partial charge < -0.3 is 4.74 Å². The molecule has 13 heavy (non-hydrogen) atoms. The molecule has 0 radical (unpaired) electrons. The van der Waals surface area contributed by atoms with Gasteiger partial charge in [-0.1, -0.05) is 52.3 Å². The fourth-order valence-corrected chi connectivity index (χ4v) is 1.60. The van der Waals surface area contributed by atoms with E-state index in [1.165, 1.54) is 11.1 Å². The summed E-state index contributed by atoms with van der Waals surface area (Å²) in [6.07, 6.45) is 4.10. The van der Waals surface area contributed by atoms with E-state index in [2.05, 4.69) is 34.1 Å². The lowest BCUT2D eigenvalue weighted by Gasteiger charge is -2.00. The molecule has 1 rings (SSSR count). The standard InChI is InChI=1S/C11H13BrO/c1-13-8-4-7-10-5-2-3-6-11(10)9-12/h2-7H,8-9H2,1H3. The Labute approximate surface area is 87.5 Å². The summed E-state index contributed by atoms with van der Waals surface area (Å²) in [7, 11) is 1.70. The van der Waals surface area contributed by atoms with Crippen LogP contribution in [0.3, 0.4) is 0 Å². The molecule has 0 aliphatic heterocycles. The molecule has 1 nitrogen and oxygen atoms in total. The van der Waals surface area contributed by atoms with E-state index >= 15 is 0 Å². The minimum absolute atomic E-state index is 0.663. The van der Waals surface area contributed by atoms with Gasteiger partial charge in [0.05, 0.1) is 6.61 Å². The number of hydrogen-bond acceptors (Lipinski definition) is 1. The van der Waals surface area contributed by atoms with Crippen molar-refractivity contribution >= 4 is 22.0 Å². The van der Waals surface area contributed by atoms with Gasteiger partial charge in [0.15, 0.2) is 0 Å². The van der Waals surface area contributed by atoms with Gasteiger partial charge in [-0.15, -0.1) is 0 Å². The Bertz CT molecular complexity index is 281. The van der Waals surface area contributed by atoms with Crippen molar-refractivity contribution in [1.82, 2.24) is 0 Å². The summed E-state index contributed by atoms with van der Waals surface area (Å²) in [4.78, 5) is 0. The molecule has 0 aromatic heterocycles. The molecule has 0 heterocycles. The zero-order chi connectivity index (χ0) is 9.52. The number of ether oxygens (including phenoxy) is 1. The minimum Gasteiger partial charge on any atom is -0.381 e. The quantitative estimate of drug-likeness (QED) is 0.735. The zero-order valence-electron chi connectivity index (χ0n) is 7.66. The van der Waals surface area contributed by atoms with Gasteiger partial charge in [-0.05, 0) is 11.1 Å². The molecule has 2 heteroatoms. The number of rotatable bonds is 4. The van der Waals surface area contributed by atoms with Crippen molar-refractivity contribution in [3.63, 3.8) is 0 Å². The molecule has 0 spiro atoms. The number of halogens is 1. The molecule has 0 N–H and O–H groups in total. The summed E-state index contributed by atoms with van der Waals surface area (Å²) >= 11 is 3.45. The van der Waals surface area contributed by atoms with Gasteiger partial charge in [0.25, 0.3) is 0 Å². The van der Waals surface area contributed by atoms with E-state index in [0.717, 1.165) is 5.33 Å². The third kappa shape index (κ3) is 3.33. The smallest absolute Gasteiger partial charge is 0.0646 e. The highest BCUT2D eigenvalue weighted by Crippen LogP contribution is 2.13. The SMILES string of the molecule is COCC=Cc1ccccc1CBr. The van der Waals surface area contributed by atoms with Crippen LogP contribution in [0.2, 0.25) is 0 Å². The van der Waals surface area contributed by atoms with E-state index in [4.69, 9.17) is 4.74 Å². The van der Waals surface area contributed by atoms with Gasteiger partial charge in [0, 0.05) is 12.4 Å². The van der Waals surface area contributed by atoms with E-state index in [1.807, 2.05) is 18.2 Å². The molecule has 0 aliphatic rings. The average molecular weight is 241 g/mol. The fraction of sp³-hybridized carbons (Fsp3) is 0.273. The highest BCUT2D eigenvalue weighted by Gasteiger charge is 1.94. The monoisotopic (exact) mass is 240 g/mol. The Kier molecular flexibility index (Phi) is 4.79. The van der Waals surface area contributed by atoms with Crippen molar-refractivity contribution in [3.8, 4) is 0 Å². The topological polar surface area (TPSA) is 9.23 Å². The molecule has 0 saturated carbocycles. The maximum Gasteiger partial charge on any atom is 0.0646 e. The van der Waals surface area contributed by atoms with Crippen LogP contribution in [0.4, 0.5) is 0 Å². The van der Waals surface area contributed by atoms with Crippen LogP contribution in [-0.2, 0) is 10.1 Å². The third-order valence-electron chi connectivity index (χ3n) is 1.76. The second-order valence-corrected chi connectivity index (χ2v) is 3.25. The van der Waals surface area contributed by atoms with E-state index in [1.54, 1.807) is 7.11 Å². The summed E-state index contributed by atoms with van der Waals surface area (Å²) in [6, 6.07) is 8.30. The third-order valence-corrected chi connectivity index (χ3v) is 2.36. The number of benzene rings is 1. The van der Waals surface area contributed by atoms with E-state index in [0.29, 0.717) is 6.61 Å². The Morgan fingerprint density at radius 2 is 2.15 bits per heavy atom. The summed E-state index contributed by atoms with van der Waals surface area (Å²) in [5, 5.41) is 0.889. The fourth-order valence-electron chi connectivity index (χ4n) is 1.09.